The summed E-state index contributed by atoms with van der Waals surface area (Å²) in [4.78, 5) is 24.1. The summed E-state index contributed by atoms with van der Waals surface area (Å²) in [7, 11) is 0. The molecule has 0 aliphatic heterocycles. The molecule has 0 spiro atoms. The van der Waals surface area contributed by atoms with Crippen molar-refractivity contribution < 1.29 is 18.4 Å². The van der Waals surface area contributed by atoms with Gasteiger partial charge in [-0.25, -0.2) is 8.78 Å². The zero-order chi connectivity index (χ0) is 15.3. The SMILES string of the molecule is CCCCN(CC(N)=O)C(=O)c1c(F)ccc(N)c1F. The lowest BCUT2D eigenvalue weighted by Crippen LogP contribution is -2.39. The van der Waals surface area contributed by atoms with E-state index < -0.39 is 35.6 Å². The molecule has 0 radical (unpaired) electrons. The second-order valence-electron chi connectivity index (χ2n) is 4.37. The molecule has 1 rings (SSSR count). The molecule has 7 heteroatoms. The van der Waals surface area contributed by atoms with Crippen LogP contribution >= 0.6 is 0 Å². The van der Waals surface area contributed by atoms with Crippen LogP contribution in [-0.2, 0) is 4.79 Å². The number of halogens is 2. The Morgan fingerprint density at radius 3 is 2.50 bits per heavy atom. The van der Waals surface area contributed by atoms with E-state index in [1.165, 1.54) is 0 Å². The number of carbonyl (C=O) groups excluding carboxylic acids is 2. The molecule has 0 unspecified atom stereocenters. The summed E-state index contributed by atoms with van der Waals surface area (Å²) in [5.74, 6) is -3.83. The van der Waals surface area contributed by atoms with Crippen LogP contribution in [0, 0.1) is 11.6 Å². The van der Waals surface area contributed by atoms with Gasteiger partial charge in [0.15, 0.2) is 5.82 Å². The van der Waals surface area contributed by atoms with Gasteiger partial charge in [0.05, 0.1) is 12.2 Å². The quantitative estimate of drug-likeness (QED) is 0.771. The molecule has 0 saturated heterocycles. The number of nitrogens with zero attached hydrogens (tertiary/aromatic N) is 1. The van der Waals surface area contributed by atoms with Gasteiger partial charge >= 0.3 is 0 Å². The van der Waals surface area contributed by atoms with Crippen molar-refractivity contribution in [3.05, 3.63) is 29.3 Å². The van der Waals surface area contributed by atoms with Crippen LogP contribution in [0.15, 0.2) is 12.1 Å². The maximum absolute atomic E-state index is 13.8. The molecular weight excluding hydrogens is 268 g/mol. The highest BCUT2D eigenvalue weighted by Crippen LogP contribution is 2.20. The third kappa shape index (κ3) is 3.66. The molecule has 0 aliphatic rings. The van der Waals surface area contributed by atoms with Gasteiger partial charge in [0.1, 0.15) is 11.4 Å². The summed E-state index contributed by atoms with van der Waals surface area (Å²) in [5, 5.41) is 0. The summed E-state index contributed by atoms with van der Waals surface area (Å²) in [6.45, 7) is 1.67. The highest BCUT2D eigenvalue weighted by atomic mass is 19.1. The first-order valence-corrected chi connectivity index (χ1v) is 6.19. The van der Waals surface area contributed by atoms with Gasteiger partial charge in [-0.1, -0.05) is 13.3 Å². The van der Waals surface area contributed by atoms with Gasteiger partial charge in [-0.15, -0.1) is 0 Å². The van der Waals surface area contributed by atoms with Gasteiger partial charge in [-0.3, -0.25) is 9.59 Å². The number of primary amides is 1. The molecule has 0 bridgehead atoms. The van der Waals surface area contributed by atoms with Crippen molar-refractivity contribution in [2.24, 2.45) is 5.73 Å². The second-order valence-corrected chi connectivity index (χ2v) is 4.37. The van der Waals surface area contributed by atoms with E-state index >= 15 is 0 Å². The molecule has 20 heavy (non-hydrogen) atoms. The largest absolute Gasteiger partial charge is 0.396 e. The fourth-order valence-electron chi connectivity index (χ4n) is 1.71. The minimum Gasteiger partial charge on any atom is -0.396 e. The summed E-state index contributed by atoms with van der Waals surface area (Å²) >= 11 is 0. The van der Waals surface area contributed by atoms with Crippen molar-refractivity contribution in [3.63, 3.8) is 0 Å². The van der Waals surface area contributed by atoms with Crippen molar-refractivity contribution in [2.45, 2.75) is 19.8 Å². The zero-order valence-corrected chi connectivity index (χ0v) is 11.2. The average Bonchev–Trinajstić information content (AvgIpc) is 2.38. The predicted molar refractivity (Wildman–Crippen MR) is 70.8 cm³/mol. The Kier molecular flexibility index (Phi) is 5.42. The number of nitrogen functional groups attached to an aromatic ring is 1. The second kappa shape index (κ2) is 6.83. The number of hydrogen-bond donors (Lipinski definition) is 2. The number of unbranched alkanes of at least 4 members (excludes halogenated alkanes) is 1. The molecule has 4 N–H and O–H groups in total. The normalized spacial score (nSPS) is 10.3. The number of anilines is 1. The van der Waals surface area contributed by atoms with Gasteiger partial charge in [-0.05, 0) is 18.6 Å². The lowest BCUT2D eigenvalue weighted by atomic mass is 10.1. The van der Waals surface area contributed by atoms with Gasteiger partial charge in [0.2, 0.25) is 5.91 Å². The van der Waals surface area contributed by atoms with E-state index in [1.807, 2.05) is 6.92 Å². The van der Waals surface area contributed by atoms with E-state index in [9.17, 15) is 18.4 Å². The number of nitrogens with two attached hydrogens (primary N) is 2. The van der Waals surface area contributed by atoms with Crippen molar-refractivity contribution in [1.29, 1.82) is 0 Å². The fraction of sp³-hybridized carbons (Fsp3) is 0.385. The molecule has 5 nitrogen and oxygen atoms in total. The Labute approximate surface area is 115 Å². The lowest BCUT2D eigenvalue weighted by Gasteiger charge is -2.21. The van der Waals surface area contributed by atoms with Crippen molar-refractivity contribution in [2.75, 3.05) is 18.8 Å². The van der Waals surface area contributed by atoms with Crippen LogP contribution in [-0.4, -0.2) is 29.8 Å². The Balaban J connectivity index is 3.11. The van der Waals surface area contributed by atoms with Crippen LogP contribution in [0.4, 0.5) is 14.5 Å². The van der Waals surface area contributed by atoms with Crippen molar-refractivity contribution in [3.8, 4) is 0 Å². The number of benzene rings is 1. The highest BCUT2D eigenvalue weighted by molar-refractivity contribution is 5.97. The van der Waals surface area contributed by atoms with Crippen LogP contribution in [0.5, 0.6) is 0 Å². The third-order valence-corrected chi connectivity index (χ3v) is 2.75. The minimum absolute atomic E-state index is 0.186. The van der Waals surface area contributed by atoms with Crippen molar-refractivity contribution in [1.82, 2.24) is 4.90 Å². The lowest BCUT2D eigenvalue weighted by molar-refractivity contribution is -0.118. The predicted octanol–water partition coefficient (Wildman–Crippen LogP) is 1.27. The summed E-state index contributed by atoms with van der Waals surface area (Å²) in [6.07, 6.45) is 1.34. The summed E-state index contributed by atoms with van der Waals surface area (Å²) in [6, 6.07) is 1.94. The molecule has 0 heterocycles. The summed E-state index contributed by atoms with van der Waals surface area (Å²) in [5.41, 5.74) is 9.28. The highest BCUT2D eigenvalue weighted by Gasteiger charge is 2.25. The average molecular weight is 285 g/mol. The maximum Gasteiger partial charge on any atom is 0.260 e. The third-order valence-electron chi connectivity index (χ3n) is 2.75. The number of amides is 2. The van der Waals surface area contributed by atoms with E-state index in [0.29, 0.717) is 6.42 Å². The van der Waals surface area contributed by atoms with Crippen LogP contribution in [0.3, 0.4) is 0 Å². The van der Waals surface area contributed by atoms with Gasteiger partial charge in [-0.2, -0.15) is 0 Å². The summed E-state index contributed by atoms with van der Waals surface area (Å²) < 4.78 is 27.4. The molecule has 0 atom stereocenters. The molecule has 1 aromatic rings. The molecule has 0 saturated carbocycles. The first-order chi connectivity index (χ1) is 9.38. The monoisotopic (exact) mass is 285 g/mol. The maximum atomic E-state index is 13.8. The van der Waals surface area contributed by atoms with E-state index in [2.05, 4.69) is 0 Å². The van der Waals surface area contributed by atoms with Crippen LogP contribution < -0.4 is 11.5 Å². The van der Waals surface area contributed by atoms with Gasteiger partial charge < -0.3 is 16.4 Å². The molecule has 1 aromatic carbocycles. The first kappa shape index (κ1) is 15.9. The Morgan fingerprint density at radius 1 is 1.30 bits per heavy atom. The molecule has 2 amide bonds. The minimum atomic E-state index is -1.12. The Bertz CT molecular complexity index is 521. The van der Waals surface area contributed by atoms with Crippen LogP contribution in [0.25, 0.3) is 0 Å². The fourth-order valence-corrected chi connectivity index (χ4v) is 1.71. The zero-order valence-electron chi connectivity index (χ0n) is 11.2. The van der Waals surface area contributed by atoms with Gasteiger partial charge in [0.25, 0.3) is 5.91 Å². The number of hydrogen-bond acceptors (Lipinski definition) is 3. The topological polar surface area (TPSA) is 89.4 Å². The van der Waals surface area contributed by atoms with E-state index in [4.69, 9.17) is 11.5 Å². The smallest absolute Gasteiger partial charge is 0.260 e. The molecule has 0 aliphatic carbocycles. The van der Waals surface area contributed by atoms with E-state index in [-0.39, 0.29) is 12.2 Å². The van der Waals surface area contributed by atoms with E-state index in [0.717, 1.165) is 23.5 Å². The molecule has 0 aromatic heterocycles. The standard InChI is InChI=1S/C13H17F2N3O2/c1-2-3-6-18(7-10(17)19)13(20)11-8(14)4-5-9(16)12(11)15/h4-5H,2-3,6-7,16H2,1H3,(H2,17,19). The molecule has 0 fully saturated rings. The Hall–Kier alpha value is -2.18. The first-order valence-electron chi connectivity index (χ1n) is 6.19. The number of rotatable bonds is 6. The van der Waals surface area contributed by atoms with Crippen molar-refractivity contribution >= 4 is 17.5 Å². The molecule has 110 valence electrons. The number of carbonyl (C=O) groups is 2. The Morgan fingerprint density at radius 2 is 1.95 bits per heavy atom. The molecular formula is C13H17F2N3O2. The van der Waals surface area contributed by atoms with Gasteiger partial charge in [0, 0.05) is 6.54 Å². The van der Waals surface area contributed by atoms with E-state index in [1.54, 1.807) is 0 Å². The van der Waals surface area contributed by atoms with Crippen LogP contribution in [0.2, 0.25) is 0 Å². The van der Waals surface area contributed by atoms with Crippen LogP contribution in [0.1, 0.15) is 30.1 Å².